The van der Waals surface area contributed by atoms with Crippen LogP contribution in [0.2, 0.25) is 10.0 Å². The van der Waals surface area contributed by atoms with E-state index in [9.17, 15) is 18.0 Å². The molecule has 1 aliphatic rings. The molecule has 3 unspecified atom stereocenters. The van der Waals surface area contributed by atoms with E-state index in [0.717, 1.165) is 13.0 Å². The van der Waals surface area contributed by atoms with Gasteiger partial charge in [-0.2, -0.15) is 13.2 Å². The molecule has 0 spiro atoms. The van der Waals surface area contributed by atoms with Gasteiger partial charge in [0, 0.05) is 12.1 Å². The van der Waals surface area contributed by atoms with Crippen LogP contribution in [-0.2, 0) is 0 Å². The fraction of sp³-hybridized carbons (Fsp3) is 0.588. The highest BCUT2D eigenvalue weighted by atomic mass is 35.5. The van der Waals surface area contributed by atoms with Gasteiger partial charge < -0.3 is 20.9 Å². The number of alkyl halides is 3. The summed E-state index contributed by atoms with van der Waals surface area (Å²) in [5, 5.41) is 13.9. The third kappa shape index (κ3) is 8.15. The molecule has 2 amide bonds. The Bertz CT molecular complexity index is 692. The predicted molar refractivity (Wildman–Crippen MR) is 108 cm³/mol. The van der Waals surface area contributed by atoms with E-state index in [1.54, 1.807) is 0 Å². The molecular formula is C17H25Cl2F3N6O. The summed E-state index contributed by atoms with van der Waals surface area (Å²) < 4.78 is 39.8. The molecule has 0 aromatic heterocycles. The zero-order valence-electron chi connectivity index (χ0n) is 16.0. The summed E-state index contributed by atoms with van der Waals surface area (Å²) in [5.74, 6) is 0. The first-order valence-electron chi connectivity index (χ1n) is 9.04. The second-order valence-electron chi connectivity index (χ2n) is 6.99. The van der Waals surface area contributed by atoms with Gasteiger partial charge in [0.1, 0.15) is 12.3 Å². The molecule has 29 heavy (non-hydrogen) atoms. The number of benzene rings is 1. The second-order valence-corrected chi connectivity index (χ2v) is 7.80. The number of halogens is 5. The third-order valence-electron chi connectivity index (χ3n) is 4.23. The highest BCUT2D eigenvalue weighted by Crippen LogP contribution is 2.26. The van der Waals surface area contributed by atoms with Crippen LogP contribution in [-0.4, -0.2) is 62.8 Å². The van der Waals surface area contributed by atoms with Gasteiger partial charge in [-0.3, -0.25) is 10.6 Å². The molecule has 1 aromatic rings. The molecule has 0 bridgehead atoms. The Morgan fingerprint density at radius 2 is 1.97 bits per heavy atom. The lowest BCUT2D eigenvalue weighted by Crippen LogP contribution is -2.70. The Kier molecular flexibility index (Phi) is 8.80. The van der Waals surface area contributed by atoms with Crippen molar-refractivity contribution in [2.24, 2.45) is 0 Å². The number of hydrogen-bond donors (Lipinski definition) is 5. The number of nitrogens with one attached hydrogen (secondary N) is 5. The number of carbonyl (C=O) groups is 1. The van der Waals surface area contributed by atoms with Crippen molar-refractivity contribution in [2.75, 3.05) is 32.5 Å². The molecular weight excluding hydrogens is 432 g/mol. The smallest absolute Gasteiger partial charge is 0.310 e. The monoisotopic (exact) mass is 456 g/mol. The maximum atomic E-state index is 13.3. The summed E-state index contributed by atoms with van der Waals surface area (Å²) in [6, 6.07) is 2.03. The molecule has 1 heterocycles. The highest BCUT2D eigenvalue weighted by molar-refractivity contribution is 6.42. The number of urea groups is 1. The van der Waals surface area contributed by atoms with Crippen molar-refractivity contribution in [3.8, 4) is 0 Å². The van der Waals surface area contributed by atoms with Crippen LogP contribution in [0.4, 0.5) is 23.7 Å². The number of nitrogens with zero attached hydrogens (tertiary/aromatic N) is 1. The van der Waals surface area contributed by atoms with Crippen molar-refractivity contribution in [1.82, 2.24) is 26.2 Å². The van der Waals surface area contributed by atoms with Crippen LogP contribution >= 0.6 is 23.2 Å². The van der Waals surface area contributed by atoms with E-state index in [2.05, 4.69) is 26.6 Å². The molecule has 1 fully saturated rings. The Labute approximate surface area is 177 Å². The molecule has 0 radical (unpaired) electrons. The molecule has 0 aliphatic carbocycles. The average molecular weight is 457 g/mol. The summed E-state index contributed by atoms with van der Waals surface area (Å²) in [4.78, 5) is 14.2. The molecule has 164 valence electrons. The quantitative estimate of drug-likeness (QED) is 0.407. The first-order chi connectivity index (χ1) is 13.5. The van der Waals surface area contributed by atoms with Crippen LogP contribution in [0, 0.1) is 0 Å². The van der Waals surface area contributed by atoms with Gasteiger partial charge in [0.05, 0.1) is 16.2 Å². The fourth-order valence-electron chi connectivity index (χ4n) is 2.82. The summed E-state index contributed by atoms with van der Waals surface area (Å²) in [6.07, 6.45) is -5.54. The fourth-order valence-corrected chi connectivity index (χ4v) is 3.12. The number of carbonyl (C=O) groups excluding carboxylic acids is 1. The topological polar surface area (TPSA) is 80.5 Å². The lowest BCUT2D eigenvalue weighted by molar-refractivity contribution is -0.167. The average Bonchev–Trinajstić information content (AvgIpc) is 2.61. The van der Waals surface area contributed by atoms with E-state index in [1.165, 1.54) is 18.2 Å². The van der Waals surface area contributed by atoms with Crippen LogP contribution in [0.3, 0.4) is 0 Å². The van der Waals surface area contributed by atoms with Gasteiger partial charge in [-0.1, -0.05) is 23.2 Å². The van der Waals surface area contributed by atoms with E-state index < -0.39 is 30.7 Å². The molecule has 2 rings (SSSR count). The molecule has 0 saturated carbocycles. The van der Waals surface area contributed by atoms with Crippen LogP contribution in [0.1, 0.15) is 12.8 Å². The summed E-state index contributed by atoms with van der Waals surface area (Å²) in [5.41, 5.74) is 0.360. The van der Waals surface area contributed by atoms with Crippen LogP contribution in [0.15, 0.2) is 18.2 Å². The molecule has 1 aromatic carbocycles. The normalized spacial score (nSPS) is 22.6. The first-order valence-corrected chi connectivity index (χ1v) is 9.79. The Morgan fingerprint density at radius 3 is 2.59 bits per heavy atom. The van der Waals surface area contributed by atoms with Crippen molar-refractivity contribution in [1.29, 1.82) is 0 Å². The minimum absolute atomic E-state index is 0.196. The maximum Gasteiger partial charge on any atom is 0.404 e. The van der Waals surface area contributed by atoms with E-state index in [1.807, 2.05) is 19.0 Å². The molecule has 5 N–H and O–H groups in total. The molecule has 12 heteroatoms. The van der Waals surface area contributed by atoms with Crippen LogP contribution in [0.5, 0.6) is 0 Å². The molecule has 3 atom stereocenters. The lowest BCUT2D eigenvalue weighted by Gasteiger charge is -2.38. The van der Waals surface area contributed by atoms with Crippen molar-refractivity contribution in [3.05, 3.63) is 28.2 Å². The zero-order chi connectivity index (χ0) is 21.6. The second kappa shape index (κ2) is 10.6. The lowest BCUT2D eigenvalue weighted by atomic mass is 10.1. The number of amides is 2. The van der Waals surface area contributed by atoms with Gasteiger partial charge in [0.25, 0.3) is 0 Å². The Balaban J connectivity index is 1.93. The minimum Gasteiger partial charge on any atom is -0.310 e. The molecule has 7 nitrogen and oxygen atoms in total. The van der Waals surface area contributed by atoms with E-state index >= 15 is 0 Å². The van der Waals surface area contributed by atoms with Crippen LogP contribution in [0.25, 0.3) is 0 Å². The van der Waals surface area contributed by atoms with Gasteiger partial charge in [0.2, 0.25) is 0 Å². The highest BCUT2D eigenvalue weighted by Gasteiger charge is 2.44. The Hall–Kier alpha value is -1.30. The van der Waals surface area contributed by atoms with Crippen molar-refractivity contribution < 1.29 is 18.0 Å². The summed E-state index contributed by atoms with van der Waals surface area (Å²) in [7, 11) is 3.85. The van der Waals surface area contributed by atoms with Crippen LogP contribution < -0.4 is 26.6 Å². The van der Waals surface area contributed by atoms with Gasteiger partial charge in [-0.05, 0) is 51.8 Å². The number of hydrogen-bond acceptors (Lipinski definition) is 5. The van der Waals surface area contributed by atoms with E-state index in [0.29, 0.717) is 17.3 Å². The van der Waals surface area contributed by atoms with E-state index in [-0.39, 0.29) is 11.4 Å². The summed E-state index contributed by atoms with van der Waals surface area (Å²) >= 11 is 11.7. The molecule has 1 saturated heterocycles. The number of rotatable bonds is 7. The standard InChI is InChI=1S/C17H25Cl2F3N6O/c1-28(2)7-3-6-23-14-9-13(17(20,21)22)25-15(26-14)27-16(29)24-10-4-5-11(18)12(19)8-10/h4-5,8,13-15,23,25-26H,3,6-7,9H2,1-2H3,(H2,24,27,29). The van der Waals surface area contributed by atoms with Gasteiger partial charge in [-0.25, -0.2) is 4.79 Å². The van der Waals surface area contributed by atoms with Crippen molar-refractivity contribution in [2.45, 2.75) is 37.5 Å². The third-order valence-corrected chi connectivity index (χ3v) is 4.97. The largest absolute Gasteiger partial charge is 0.404 e. The van der Waals surface area contributed by atoms with Crippen molar-refractivity contribution >= 4 is 34.9 Å². The minimum atomic E-state index is -4.44. The Morgan fingerprint density at radius 1 is 1.24 bits per heavy atom. The number of anilines is 1. The summed E-state index contributed by atoms with van der Waals surface area (Å²) in [6.45, 7) is 1.36. The SMILES string of the molecule is CN(C)CCCNC1CC(C(F)(F)F)NC(NC(=O)Nc2ccc(Cl)c(Cl)c2)N1. The zero-order valence-corrected chi connectivity index (χ0v) is 17.5. The van der Waals surface area contributed by atoms with Gasteiger partial charge >= 0.3 is 12.2 Å². The van der Waals surface area contributed by atoms with Gasteiger partial charge in [-0.15, -0.1) is 0 Å². The molecule has 1 aliphatic heterocycles. The van der Waals surface area contributed by atoms with Gasteiger partial charge in [0.15, 0.2) is 0 Å². The van der Waals surface area contributed by atoms with Crippen molar-refractivity contribution in [3.63, 3.8) is 0 Å². The predicted octanol–water partition coefficient (Wildman–Crippen LogP) is 2.78. The maximum absolute atomic E-state index is 13.3. The van der Waals surface area contributed by atoms with E-state index in [4.69, 9.17) is 23.2 Å². The first kappa shape index (κ1) is 24.0.